The van der Waals surface area contributed by atoms with E-state index in [0.717, 1.165) is 4.68 Å². The van der Waals surface area contributed by atoms with Crippen LogP contribution in [0.15, 0.2) is 41.0 Å². The first-order valence-corrected chi connectivity index (χ1v) is 10.2. The van der Waals surface area contributed by atoms with Gasteiger partial charge in [-0.3, -0.25) is 9.59 Å². The molecule has 1 heterocycles. The summed E-state index contributed by atoms with van der Waals surface area (Å²) in [6.07, 6.45) is 4.49. The van der Waals surface area contributed by atoms with Crippen LogP contribution in [0.25, 0.3) is 11.8 Å². The maximum atomic E-state index is 12.9. The van der Waals surface area contributed by atoms with Crippen LogP contribution in [0.3, 0.4) is 0 Å². The van der Waals surface area contributed by atoms with E-state index < -0.39 is 17.6 Å². The highest BCUT2D eigenvalue weighted by Crippen LogP contribution is 2.35. The van der Waals surface area contributed by atoms with Gasteiger partial charge in [0.1, 0.15) is 11.8 Å². The molecule has 1 aromatic carbocycles. The van der Waals surface area contributed by atoms with Crippen molar-refractivity contribution in [3.8, 4) is 17.6 Å². The van der Waals surface area contributed by atoms with E-state index in [0.29, 0.717) is 16.3 Å². The van der Waals surface area contributed by atoms with Crippen LogP contribution >= 0.6 is 34.8 Å². The third-order valence-electron chi connectivity index (χ3n) is 4.97. The van der Waals surface area contributed by atoms with Gasteiger partial charge in [-0.15, -0.1) is 0 Å². The molecular formula is C22H15Cl3N3O3-. The third-order valence-corrected chi connectivity index (χ3v) is 5.77. The van der Waals surface area contributed by atoms with Gasteiger partial charge in [0.2, 0.25) is 0 Å². The Hall–Kier alpha value is -2.85. The van der Waals surface area contributed by atoms with Crippen molar-refractivity contribution in [1.82, 2.24) is 9.78 Å². The van der Waals surface area contributed by atoms with Crippen LogP contribution < -0.4 is 5.11 Å². The lowest BCUT2D eigenvalue weighted by molar-refractivity contribution is -0.278. The predicted molar refractivity (Wildman–Crippen MR) is 117 cm³/mol. The number of aromatic nitrogens is 2. The molecule has 0 aliphatic heterocycles. The molecule has 0 saturated carbocycles. The smallest absolute Gasteiger partial charge is 0.184 e. The minimum absolute atomic E-state index is 0.0349. The van der Waals surface area contributed by atoms with Gasteiger partial charge < -0.3 is 5.11 Å². The van der Waals surface area contributed by atoms with Gasteiger partial charge in [-0.05, 0) is 44.4 Å². The fourth-order valence-corrected chi connectivity index (χ4v) is 4.24. The average molecular weight is 476 g/mol. The van der Waals surface area contributed by atoms with E-state index in [2.05, 4.69) is 5.10 Å². The van der Waals surface area contributed by atoms with Crippen LogP contribution in [-0.2, 0) is 9.59 Å². The summed E-state index contributed by atoms with van der Waals surface area (Å²) in [5.41, 5.74) is 1.44. The molecule has 1 aliphatic rings. The number of benzene rings is 1. The Morgan fingerprint density at radius 1 is 1.16 bits per heavy atom. The summed E-state index contributed by atoms with van der Waals surface area (Å²) in [4.78, 5) is 24.6. The van der Waals surface area contributed by atoms with Crippen molar-refractivity contribution < 1.29 is 14.7 Å². The van der Waals surface area contributed by atoms with Crippen LogP contribution in [0.1, 0.15) is 25.1 Å². The highest BCUT2D eigenvalue weighted by Gasteiger charge is 2.34. The zero-order valence-electron chi connectivity index (χ0n) is 16.7. The number of carbonyl (C=O) groups is 2. The number of Topliss-reactive ketones (excluding diaryl/α,β-unsaturated/α-hetero) is 2. The van der Waals surface area contributed by atoms with Gasteiger partial charge >= 0.3 is 0 Å². The number of aryl methyl sites for hydroxylation is 1. The number of nitriles is 1. The molecule has 1 unspecified atom stereocenters. The van der Waals surface area contributed by atoms with E-state index in [1.165, 1.54) is 37.3 Å². The summed E-state index contributed by atoms with van der Waals surface area (Å²) in [6, 6.07) is 4.78. The number of carbonyl (C=O) groups excluding carboxylic acids is 2. The van der Waals surface area contributed by atoms with Crippen molar-refractivity contribution in [1.29, 1.82) is 5.26 Å². The average Bonchev–Trinajstić information content (AvgIpc) is 2.96. The summed E-state index contributed by atoms with van der Waals surface area (Å²) in [7, 11) is 0. The van der Waals surface area contributed by atoms with E-state index in [-0.39, 0.29) is 38.2 Å². The summed E-state index contributed by atoms with van der Waals surface area (Å²) < 4.78 is 1.09. The second kappa shape index (κ2) is 8.72. The van der Waals surface area contributed by atoms with Crippen molar-refractivity contribution in [2.75, 3.05) is 0 Å². The summed E-state index contributed by atoms with van der Waals surface area (Å²) >= 11 is 18.3. The topological polar surface area (TPSA) is 98.8 Å². The zero-order valence-corrected chi connectivity index (χ0v) is 18.9. The second-order valence-corrected chi connectivity index (χ2v) is 8.19. The number of ketones is 2. The van der Waals surface area contributed by atoms with Crippen LogP contribution in [-0.4, -0.2) is 21.3 Å². The normalized spacial score (nSPS) is 18.4. The monoisotopic (exact) mass is 474 g/mol. The van der Waals surface area contributed by atoms with Crippen LogP contribution in [0, 0.1) is 24.2 Å². The van der Waals surface area contributed by atoms with Crippen LogP contribution in [0.4, 0.5) is 0 Å². The van der Waals surface area contributed by atoms with Gasteiger partial charge in [0.05, 0.1) is 27.2 Å². The number of nitrogens with zero attached hydrogens (tertiary/aromatic N) is 3. The molecule has 2 aromatic rings. The van der Waals surface area contributed by atoms with Crippen molar-refractivity contribution in [3.05, 3.63) is 67.3 Å². The molecule has 0 bridgehead atoms. The zero-order chi connectivity index (χ0) is 23.0. The number of rotatable bonds is 3. The molecule has 0 amide bonds. The summed E-state index contributed by atoms with van der Waals surface area (Å²) in [5, 5.41) is 27.0. The van der Waals surface area contributed by atoms with E-state index >= 15 is 0 Å². The van der Waals surface area contributed by atoms with E-state index in [1.54, 1.807) is 13.8 Å². The Morgan fingerprint density at radius 2 is 1.77 bits per heavy atom. The number of hydrogen-bond donors (Lipinski definition) is 0. The van der Waals surface area contributed by atoms with Crippen molar-refractivity contribution in [2.24, 2.45) is 5.92 Å². The molecule has 1 atom stereocenters. The minimum Gasteiger partial charge on any atom is -0.858 e. The maximum absolute atomic E-state index is 12.9. The number of hydrogen-bond acceptors (Lipinski definition) is 5. The molecule has 1 aliphatic carbocycles. The van der Waals surface area contributed by atoms with E-state index in [4.69, 9.17) is 34.8 Å². The lowest BCUT2D eigenvalue weighted by atomic mass is 9.80. The van der Waals surface area contributed by atoms with Gasteiger partial charge in [0, 0.05) is 16.2 Å². The Morgan fingerprint density at radius 3 is 2.35 bits per heavy atom. The standard InChI is InChI=1S/C22H16Cl3N3O3/c1-10-14(20(29)11(2)21(30)16(10)9-26)5-4-6-15-12(3)27-28(22(15)31)19-17(24)7-13(23)8-18(19)25/h4-8,11,31H,1-3H3/p-1/b6-4?,14-5-. The van der Waals surface area contributed by atoms with Gasteiger partial charge in [-0.1, -0.05) is 53.0 Å². The fraction of sp³-hybridized carbons (Fsp3) is 0.182. The van der Waals surface area contributed by atoms with Gasteiger partial charge in [0.25, 0.3) is 0 Å². The molecule has 1 aromatic heterocycles. The third kappa shape index (κ3) is 4.05. The first kappa shape index (κ1) is 22.8. The molecule has 0 N–H and O–H groups in total. The lowest BCUT2D eigenvalue weighted by Crippen LogP contribution is -2.29. The highest BCUT2D eigenvalue weighted by atomic mass is 35.5. The Kier molecular flexibility index (Phi) is 6.42. The highest BCUT2D eigenvalue weighted by molar-refractivity contribution is 6.40. The van der Waals surface area contributed by atoms with Crippen LogP contribution in [0.5, 0.6) is 5.88 Å². The Bertz CT molecular complexity index is 1240. The SMILES string of the molecule is CC1=C(C#N)C(=O)C(C)C(=O)/C1=C\C=Cc1c(C)nn(-c2c(Cl)cc(Cl)cc2Cl)c1[O-]. The molecule has 0 fully saturated rings. The molecule has 158 valence electrons. The predicted octanol–water partition coefficient (Wildman–Crippen LogP) is 4.78. The van der Waals surface area contributed by atoms with Gasteiger partial charge in [-0.2, -0.15) is 10.4 Å². The first-order chi connectivity index (χ1) is 14.6. The van der Waals surface area contributed by atoms with Gasteiger partial charge in [-0.25, -0.2) is 4.68 Å². The lowest BCUT2D eigenvalue weighted by Gasteiger charge is -2.19. The van der Waals surface area contributed by atoms with Crippen molar-refractivity contribution in [2.45, 2.75) is 20.8 Å². The molecule has 3 rings (SSSR count). The van der Waals surface area contributed by atoms with Crippen LogP contribution in [0.2, 0.25) is 15.1 Å². The summed E-state index contributed by atoms with van der Waals surface area (Å²) in [6.45, 7) is 4.66. The van der Waals surface area contributed by atoms with E-state index in [9.17, 15) is 20.0 Å². The van der Waals surface area contributed by atoms with E-state index in [1.807, 2.05) is 6.07 Å². The number of allylic oxidation sites excluding steroid dienone is 5. The quantitative estimate of drug-likeness (QED) is 0.470. The molecule has 0 spiro atoms. The second-order valence-electron chi connectivity index (χ2n) is 6.94. The minimum atomic E-state index is -0.924. The van der Waals surface area contributed by atoms with Crippen molar-refractivity contribution >= 4 is 52.4 Å². The largest absolute Gasteiger partial charge is 0.858 e. The molecular weight excluding hydrogens is 461 g/mol. The molecule has 0 radical (unpaired) electrons. The fourth-order valence-electron chi connectivity index (χ4n) is 3.26. The molecule has 9 heteroatoms. The van der Waals surface area contributed by atoms with Gasteiger partial charge in [0.15, 0.2) is 11.6 Å². The molecule has 31 heavy (non-hydrogen) atoms. The molecule has 6 nitrogen and oxygen atoms in total. The maximum Gasteiger partial charge on any atom is 0.184 e. The molecule has 0 saturated heterocycles. The van der Waals surface area contributed by atoms with Crippen molar-refractivity contribution in [3.63, 3.8) is 0 Å². The Labute approximate surface area is 193 Å². The Balaban J connectivity index is 2.04. The first-order valence-electron chi connectivity index (χ1n) is 9.08. The summed E-state index contributed by atoms with van der Waals surface area (Å²) in [5.74, 6) is -2.24. The number of halogens is 3.